The van der Waals surface area contributed by atoms with Gasteiger partial charge >= 0.3 is 5.97 Å². The third-order valence-corrected chi connectivity index (χ3v) is 6.17. The summed E-state index contributed by atoms with van der Waals surface area (Å²) in [5, 5.41) is 5.89. The van der Waals surface area contributed by atoms with Gasteiger partial charge in [-0.05, 0) is 56.6 Å². The second-order valence-electron chi connectivity index (χ2n) is 8.34. The van der Waals surface area contributed by atoms with E-state index in [1.165, 1.54) is 23.2 Å². The van der Waals surface area contributed by atoms with Crippen molar-refractivity contribution >= 4 is 17.6 Å². The highest BCUT2D eigenvalue weighted by atomic mass is 19.1. The van der Waals surface area contributed by atoms with Gasteiger partial charge in [-0.1, -0.05) is 30.3 Å². The topological polar surface area (TPSA) is 62.2 Å². The minimum atomic E-state index is -0.573. The van der Waals surface area contributed by atoms with Crippen molar-refractivity contribution < 1.29 is 23.1 Å². The Morgan fingerprint density at radius 1 is 1.06 bits per heavy atom. The first-order valence-electron chi connectivity index (χ1n) is 11.2. The van der Waals surface area contributed by atoms with Crippen LogP contribution < -0.4 is 0 Å². The van der Waals surface area contributed by atoms with Crippen molar-refractivity contribution in [3.05, 3.63) is 71.3 Å². The zero-order valence-corrected chi connectivity index (χ0v) is 18.5. The molecule has 0 N–H and O–H groups in total. The third-order valence-electron chi connectivity index (χ3n) is 6.17. The van der Waals surface area contributed by atoms with E-state index in [0.717, 1.165) is 0 Å². The van der Waals surface area contributed by atoms with E-state index in [9.17, 15) is 18.4 Å². The highest BCUT2D eigenvalue weighted by molar-refractivity contribution is 6.03. The van der Waals surface area contributed by atoms with Crippen molar-refractivity contribution in [3.63, 3.8) is 0 Å². The van der Waals surface area contributed by atoms with Crippen LogP contribution in [0.15, 0.2) is 53.6 Å². The summed E-state index contributed by atoms with van der Waals surface area (Å²) in [6, 6.07) is 11.7. The van der Waals surface area contributed by atoms with Crippen molar-refractivity contribution in [3.8, 4) is 0 Å². The molecule has 8 heteroatoms. The molecule has 2 aliphatic rings. The number of likely N-dealkylation sites (tertiary alicyclic amines) is 1. The maximum absolute atomic E-state index is 14.6. The number of esters is 1. The first kappa shape index (κ1) is 23.0. The number of piperidine rings is 1. The number of hydrogen-bond donors (Lipinski definition) is 0. The summed E-state index contributed by atoms with van der Waals surface area (Å²) in [5.41, 5.74) is 1.70. The van der Waals surface area contributed by atoms with E-state index < -0.39 is 11.9 Å². The van der Waals surface area contributed by atoms with Crippen molar-refractivity contribution in [2.24, 2.45) is 11.0 Å². The van der Waals surface area contributed by atoms with E-state index in [-0.39, 0.29) is 30.2 Å². The Morgan fingerprint density at radius 2 is 1.76 bits per heavy atom. The van der Waals surface area contributed by atoms with E-state index >= 15 is 0 Å². The van der Waals surface area contributed by atoms with Gasteiger partial charge in [0.1, 0.15) is 11.6 Å². The molecule has 1 atom stereocenters. The van der Waals surface area contributed by atoms with Gasteiger partial charge in [0.05, 0.1) is 30.8 Å². The Bertz CT molecular complexity index is 1030. The smallest absolute Gasteiger partial charge is 0.309 e. The second kappa shape index (κ2) is 10.2. The number of amides is 1. The number of benzene rings is 2. The van der Waals surface area contributed by atoms with Gasteiger partial charge in [-0.2, -0.15) is 5.10 Å². The Balaban J connectivity index is 1.49. The Labute approximate surface area is 191 Å². The number of ether oxygens (including phenoxy) is 1. The lowest BCUT2D eigenvalue weighted by atomic mass is 9.96. The van der Waals surface area contributed by atoms with Gasteiger partial charge in [0.2, 0.25) is 0 Å². The van der Waals surface area contributed by atoms with Gasteiger partial charge in [-0.25, -0.2) is 13.8 Å². The molecular weight excluding hydrogens is 428 g/mol. The van der Waals surface area contributed by atoms with Gasteiger partial charge in [-0.3, -0.25) is 14.5 Å². The largest absolute Gasteiger partial charge is 0.466 e. The first-order valence-corrected chi connectivity index (χ1v) is 11.2. The molecule has 2 heterocycles. The van der Waals surface area contributed by atoms with Gasteiger partial charge in [0, 0.05) is 12.0 Å². The van der Waals surface area contributed by atoms with Crippen LogP contribution in [-0.2, 0) is 14.3 Å². The van der Waals surface area contributed by atoms with Crippen molar-refractivity contribution in [1.29, 1.82) is 0 Å². The van der Waals surface area contributed by atoms with Crippen molar-refractivity contribution in [1.82, 2.24) is 9.91 Å². The van der Waals surface area contributed by atoms with Crippen LogP contribution >= 0.6 is 0 Å². The fourth-order valence-corrected chi connectivity index (χ4v) is 4.40. The third kappa shape index (κ3) is 5.27. The molecule has 1 fully saturated rings. The van der Waals surface area contributed by atoms with Crippen LogP contribution in [0.1, 0.15) is 43.4 Å². The molecule has 0 spiro atoms. The Morgan fingerprint density at radius 3 is 2.42 bits per heavy atom. The van der Waals surface area contributed by atoms with Crippen LogP contribution in [0.25, 0.3) is 0 Å². The highest BCUT2D eigenvalue weighted by Crippen LogP contribution is 2.34. The van der Waals surface area contributed by atoms with Crippen LogP contribution in [0.4, 0.5) is 8.78 Å². The van der Waals surface area contributed by atoms with E-state index in [2.05, 4.69) is 5.10 Å². The Kier molecular flexibility index (Phi) is 7.13. The van der Waals surface area contributed by atoms with E-state index in [4.69, 9.17) is 4.74 Å². The van der Waals surface area contributed by atoms with Gasteiger partial charge in [0.15, 0.2) is 0 Å². The lowest BCUT2D eigenvalue weighted by molar-refractivity contribution is -0.149. The first-order chi connectivity index (χ1) is 16.0. The molecule has 2 aromatic rings. The van der Waals surface area contributed by atoms with Crippen LogP contribution in [0.3, 0.4) is 0 Å². The summed E-state index contributed by atoms with van der Waals surface area (Å²) in [6.45, 7) is 3.47. The van der Waals surface area contributed by atoms with Gasteiger partial charge in [0.25, 0.3) is 5.91 Å². The molecule has 2 aliphatic heterocycles. The number of rotatable bonds is 6. The maximum Gasteiger partial charge on any atom is 0.309 e. The minimum Gasteiger partial charge on any atom is -0.466 e. The lowest BCUT2D eigenvalue weighted by Crippen LogP contribution is -2.43. The fourth-order valence-electron chi connectivity index (χ4n) is 4.40. The molecule has 0 radical (unpaired) electrons. The molecule has 174 valence electrons. The zero-order valence-electron chi connectivity index (χ0n) is 18.5. The molecule has 0 aliphatic carbocycles. The normalized spacial score (nSPS) is 19.4. The average Bonchev–Trinajstić information content (AvgIpc) is 3.26. The average molecular weight is 456 g/mol. The highest BCUT2D eigenvalue weighted by Gasteiger charge is 2.36. The molecule has 1 amide bonds. The molecule has 4 rings (SSSR count). The number of nitrogens with zero attached hydrogens (tertiary/aromatic N) is 3. The molecule has 1 saturated heterocycles. The summed E-state index contributed by atoms with van der Waals surface area (Å²) in [4.78, 5) is 27.2. The predicted octanol–water partition coefficient (Wildman–Crippen LogP) is 3.92. The number of halogens is 2. The van der Waals surface area contributed by atoms with Gasteiger partial charge < -0.3 is 4.74 Å². The predicted molar refractivity (Wildman–Crippen MR) is 119 cm³/mol. The molecule has 0 aromatic heterocycles. The van der Waals surface area contributed by atoms with Crippen LogP contribution in [0, 0.1) is 17.6 Å². The van der Waals surface area contributed by atoms with Crippen molar-refractivity contribution in [2.75, 3.05) is 26.2 Å². The molecule has 1 unspecified atom stereocenters. The number of hydrogen-bond acceptors (Lipinski definition) is 5. The number of hydrazone groups is 1. The molecule has 0 saturated carbocycles. The zero-order chi connectivity index (χ0) is 23.4. The van der Waals surface area contributed by atoms with E-state index in [1.54, 1.807) is 37.3 Å². The van der Waals surface area contributed by atoms with Gasteiger partial charge in [-0.15, -0.1) is 0 Å². The second-order valence-corrected chi connectivity index (χ2v) is 8.34. The maximum atomic E-state index is 14.6. The summed E-state index contributed by atoms with van der Waals surface area (Å²) in [6.07, 6.45) is 1.60. The summed E-state index contributed by atoms with van der Waals surface area (Å²) in [5.74, 6) is -1.32. The minimum absolute atomic E-state index is 0.126. The molecule has 0 bridgehead atoms. The fraction of sp³-hybridized carbons (Fsp3) is 0.400. The van der Waals surface area contributed by atoms with E-state index in [0.29, 0.717) is 55.8 Å². The molecule has 33 heavy (non-hydrogen) atoms. The number of carbonyl (C=O) groups excluding carboxylic acids is 2. The summed E-state index contributed by atoms with van der Waals surface area (Å²) in [7, 11) is 0. The van der Waals surface area contributed by atoms with Crippen LogP contribution in [-0.4, -0.2) is 53.7 Å². The lowest BCUT2D eigenvalue weighted by Gasteiger charge is -2.32. The van der Waals surface area contributed by atoms with Crippen molar-refractivity contribution in [2.45, 2.75) is 32.2 Å². The standard InChI is InChI=1S/C25H27F2N3O3/c1-2-33-25(32)18-11-13-29(14-12-18)16-24(31)30-23(20-5-3-4-6-21(20)27)15-22(28-30)17-7-9-19(26)10-8-17/h3-10,18,23H,2,11-16H2,1H3. The van der Waals surface area contributed by atoms with Crippen LogP contribution in [0.2, 0.25) is 0 Å². The number of carbonyl (C=O) groups is 2. The van der Waals surface area contributed by atoms with Crippen LogP contribution in [0.5, 0.6) is 0 Å². The quantitative estimate of drug-likeness (QED) is 0.620. The summed E-state index contributed by atoms with van der Waals surface area (Å²) < 4.78 is 33.1. The SMILES string of the molecule is CCOC(=O)C1CCN(CC(=O)N2N=C(c3ccc(F)cc3)CC2c2ccccc2F)CC1. The Hall–Kier alpha value is -3.13. The summed E-state index contributed by atoms with van der Waals surface area (Å²) >= 11 is 0. The monoisotopic (exact) mass is 455 g/mol. The molecule has 6 nitrogen and oxygen atoms in total. The molecular formula is C25H27F2N3O3. The molecule has 2 aromatic carbocycles. The van der Waals surface area contributed by atoms with E-state index in [1.807, 2.05) is 4.90 Å².